The average molecular weight is 375 g/mol. The van der Waals surface area contributed by atoms with Gasteiger partial charge in [-0.2, -0.15) is 0 Å². The first-order chi connectivity index (χ1) is 12.8. The van der Waals surface area contributed by atoms with Crippen LogP contribution in [0.4, 0.5) is 5.69 Å². The van der Waals surface area contributed by atoms with Gasteiger partial charge in [0.25, 0.3) is 0 Å². The maximum Gasteiger partial charge on any atom is 0.227 e. The van der Waals surface area contributed by atoms with Crippen LogP contribution in [0.25, 0.3) is 0 Å². The van der Waals surface area contributed by atoms with Gasteiger partial charge >= 0.3 is 0 Å². The average Bonchev–Trinajstić information content (AvgIpc) is 2.55. The normalized spacial score (nSPS) is 16.4. The van der Waals surface area contributed by atoms with Gasteiger partial charge in [-0.05, 0) is 36.0 Å². The topological polar surface area (TPSA) is 74.8 Å². The van der Waals surface area contributed by atoms with E-state index in [0.717, 1.165) is 36.5 Å². The number of amides is 1. The van der Waals surface area contributed by atoms with Gasteiger partial charge in [-0.15, -0.1) is 0 Å². The molecule has 1 unspecified atom stereocenters. The molecule has 0 radical (unpaired) electrons. The Balaban J connectivity index is 1.85. The Labute approximate surface area is 163 Å². The van der Waals surface area contributed by atoms with Crippen molar-refractivity contribution < 1.29 is 9.53 Å². The molecule has 0 aliphatic heterocycles. The Hall–Kier alpha value is -2.08. The number of aliphatic imine (C=N–C) groups is 1. The molecule has 1 amide bonds. The third kappa shape index (κ3) is 6.54. The highest BCUT2D eigenvalue weighted by molar-refractivity contribution is 5.93. The first kappa shape index (κ1) is 21.2. The van der Waals surface area contributed by atoms with E-state index in [1.807, 2.05) is 24.3 Å². The Bertz CT molecular complexity index is 648. The molecule has 0 heterocycles. The van der Waals surface area contributed by atoms with Crippen LogP contribution < -0.4 is 16.0 Å². The van der Waals surface area contributed by atoms with Gasteiger partial charge in [0.15, 0.2) is 5.96 Å². The third-order valence-electron chi connectivity index (χ3n) is 5.06. The lowest BCUT2D eigenvalue weighted by Crippen LogP contribution is -2.45. The van der Waals surface area contributed by atoms with E-state index < -0.39 is 0 Å². The van der Waals surface area contributed by atoms with Gasteiger partial charge < -0.3 is 20.7 Å². The number of rotatable bonds is 7. The number of anilines is 1. The van der Waals surface area contributed by atoms with E-state index in [-0.39, 0.29) is 23.3 Å². The minimum atomic E-state index is 0.0492. The fraction of sp³-hybridized carbons (Fsp3) is 0.619. The number of carbonyl (C=O) groups excluding carboxylic acids is 1. The predicted molar refractivity (Wildman–Crippen MR) is 111 cm³/mol. The fourth-order valence-electron chi connectivity index (χ4n) is 3.01. The second kappa shape index (κ2) is 9.74. The van der Waals surface area contributed by atoms with Gasteiger partial charge in [-0.3, -0.25) is 9.79 Å². The number of hydrogen-bond acceptors (Lipinski definition) is 3. The van der Waals surface area contributed by atoms with Gasteiger partial charge in [0.05, 0.1) is 6.10 Å². The lowest BCUT2D eigenvalue weighted by atomic mass is 9.85. The smallest absolute Gasteiger partial charge is 0.227 e. The van der Waals surface area contributed by atoms with Crippen LogP contribution in [0.15, 0.2) is 29.3 Å². The van der Waals surface area contributed by atoms with Crippen molar-refractivity contribution in [1.82, 2.24) is 10.6 Å². The number of hydrogen-bond donors (Lipinski definition) is 3. The molecule has 1 aromatic carbocycles. The van der Waals surface area contributed by atoms with E-state index in [1.165, 1.54) is 0 Å². The van der Waals surface area contributed by atoms with E-state index in [9.17, 15) is 4.79 Å². The van der Waals surface area contributed by atoms with Crippen LogP contribution in [0, 0.1) is 11.3 Å². The van der Waals surface area contributed by atoms with Crippen LogP contribution in [0.3, 0.4) is 0 Å². The molecule has 6 nitrogen and oxygen atoms in total. The lowest BCUT2D eigenvalue weighted by molar-refractivity contribution is -0.122. The second-order valence-corrected chi connectivity index (χ2v) is 8.21. The van der Waals surface area contributed by atoms with Crippen molar-refractivity contribution in [2.24, 2.45) is 16.3 Å². The highest BCUT2D eigenvalue weighted by Gasteiger charge is 2.25. The SMILES string of the molecule is CN=C(NCc1cccc(NC(=O)C2CCC2)c1)NCC(OC)C(C)(C)C. The van der Waals surface area contributed by atoms with Crippen molar-refractivity contribution >= 4 is 17.6 Å². The molecule has 0 bridgehead atoms. The summed E-state index contributed by atoms with van der Waals surface area (Å²) >= 11 is 0. The van der Waals surface area contributed by atoms with E-state index >= 15 is 0 Å². The van der Waals surface area contributed by atoms with Crippen molar-refractivity contribution in [3.05, 3.63) is 29.8 Å². The molecule has 0 spiro atoms. The monoisotopic (exact) mass is 374 g/mol. The van der Waals surface area contributed by atoms with Crippen molar-refractivity contribution in [2.45, 2.75) is 52.7 Å². The number of methoxy groups -OCH3 is 1. The van der Waals surface area contributed by atoms with Crippen molar-refractivity contribution in [1.29, 1.82) is 0 Å². The molecule has 6 heteroatoms. The molecule has 1 atom stereocenters. The third-order valence-corrected chi connectivity index (χ3v) is 5.06. The molecule has 1 aliphatic carbocycles. The molecule has 2 rings (SSSR count). The summed E-state index contributed by atoms with van der Waals surface area (Å²) in [6.45, 7) is 7.77. The van der Waals surface area contributed by atoms with Crippen molar-refractivity contribution in [3.8, 4) is 0 Å². The van der Waals surface area contributed by atoms with Crippen LogP contribution in [-0.2, 0) is 16.1 Å². The van der Waals surface area contributed by atoms with E-state index in [1.54, 1.807) is 14.2 Å². The van der Waals surface area contributed by atoms with Crippen molar-refractivity contribution in [3.63, 3.8) is 0 Å². The Morgan fingerprint density at radius 2 is 2.04 bits per heavy atom. The number of guanidine groups is 1. The molecule has 0 saturated heterocycles. The summed E-state index contributed by atoms with van der Waals surface area (Å²) in [5.74, 6) is 1.05. The van der Waals surface area contributed by atoms with Gasteiger partial charge in [-0.25, -0.2) is 0 Å². The summed E-state index contributed by atoms with van der Waals surface area (Å²) in [5.41, 5.74) is 1.98. The maximum atomic E-state index is 12.1. The van der Waals surface area contributed by atoms with E-state index in [4.69, 9.17) is 4.74 Å². The van der Waals surface area contributed by atoms with E-state index in [2.05, 4.69) is 41.7 Å². The summed E-state index contributed by atoms with van der Waals surface area (Å²) in [6.07, 6.45) is 3.26. The fourth-order valence-corrected chi connectivity index (χ4v) is 3.01. The molecule has 150 valence electrons. The number of benzene rings is 1. The van der Waals surface area contributed by atoms with Crippen LogP contribution in [0.1, 0.15) is 45.6 Å². The minimum Gasteiger partial charge on any atom is -0.379 e. The molecule has 1 fully saturated rings. The second-order valence-electron chi connectivity index (χ2n) is 8.21. The highest BCUT2D eigenvalue weighted by Crippen LogP contribution is 2.27. The number of ether oxygens (including phenoxy) is 1. The van der Waals surface area contributed by atoms with Crippen LogP contribution in [0.5, 0.6) is 0 Å². The number of nitrogens with zero attached hydrogens (tertiary/aromatic N) is 1. The molecule has 1 aliphatic rings. The van der Waals surface area contributed by atoms with Gasteiger partial charge in [0.2, 0.25) is 5.91 Å². The lowest BCUT2D eigenvalue weighted by Gasteiger charge is -2.30. The summed E-state index contributed by atoms with van der Waals surface area (Å²) < 4.78 is 5.57. The van der Waals surface area contributed by atoms with Gasteiger partial charge in [0.1, 0.15) is 0 Å². The molecule has 0 aromatic heterocycles. The van der Waals surface area contributed by atoms with Gasteiger partial charge in [0, 0.05) is 38.9 Å². The zero-order chi connectivity index (χ0) is 19.9. The molecule has 27 heavy (non-hydrogen) atoms. The maximum absolute atomic E-state index is 12.1. The van der Waals surface area contributed by atoms with E-state index in [0.29, 0.717) is 13.1 Å². The largest absolute Gasteiger partial charge is 0.379 e. The quantitative estimate of drug-likeness (QED) is 0.506. The molecule has 1 aromatic rings. The summed E-state index contributed by atoms with van der Waals surface area (Å²) in [5, 5.41) is 9.65. The number of carbonyl (C=O) groups is 1. The molecular formula is C21H34N4O2. The highest BCUT2D eigenvalue weighted by atomic mass is 16.5. The molecule has 1 saturated carbocycles. The number of nitrogens with one attached hydrogen (secondary N) is 3. The first-order valence-electron chi connectivity index (χ1n) is 9.70. The molecule has 3 N–H and O–H groups in total. The summed E-state index contributed by atoms with van der Waals surface area (Å²) in [7, 11) is 3.49. The standard InChI is InChI=1S/C21H34N4O2/c1-21(2,3)18(27-5)14-24-20(22-4)23-13-15-8-6-11-17(12-15)25-19(26)16-9-7-10-16/h6,8,11-12,16,18H,7,9-10,13-14H2,1-5H3,(H,25,26)(H2,22,23,24). The minimum absolute atomic E-state index is 0.0492. The van der Waals surface area contributed by atoms with Crippen molar-refractivity contribution in [2.75, 3.05) is 26.0 Å². The van der Waals surface area contributed by atoms with Crippen LogP contribution in [-0.4, -0.2) is 38.7 Å². The predicted octanol–water partition coefficient (Wildman–Crippen LogP) is 3.15. The summed E-state index contributed by atoms with van der Waals surface area (Å²) in [4.78, 5) is 16.4. The summed E-state index contributed by atoms with van der Waals surface area (Å²) in [6, 6.07) is 7.93. The Kier molecular flexibility index (Phi) is 7.66. The Morgan fingerprint density at radius 3 is 2.59 bits per heavy atom. The van der Waals surface area contributed by atoms with Crippen LogP contribution in [0.2, 0.25) is 0 Å². The van der Waals surface area contributed by atoms with Crippen LogP contribution >= 0.6 is 0 Å². The zero-order valence-electron chi connectivity index (χ0n) is 17.3. The van der Waals surface area contributed by atoms with Gasteiger partial charge in [-0.1, -0.05) is 39.3 Å². The Morgan fingerprint density at radius 1 is 1.30 bits per heavy atom. The zero-order valence-corrected chi connectivity index (χ0v) is 17.3. The molecular weight excluding hydrogens is 340 g/mol. The first-order valence-corrected chi connectivity index (χ1v) is 9.70.